The molecular formula is C17H25N5O. The van der Waals surface area contributed by atoms with Crippen molar-refractivity contribution < 1.29 is 5.11 Å². The summed E-state index contributed by atoms with van der Waals surface area (Å²) in [5.41, 5.74) is 1.79. The Morgan fingerprint density at radius 3 is 2.30 bits per heavy atom. The second-order valence-corrected chi connectivity index (χ2v) is 6.17. The van der Waals surface area contributed by atoms with E-state index in [-0.39, 0.29) is 24.6 Å². The van der Waals surface area contributed by atoms with Crippen LogP contribution in [0.15, 0.2) is 30.6 Å². The van der Waals surface area contributed by atoms with Crippen molar-refractivity contribution in [2.24, 2.45) is 5.92 Å². The Bertz CT molecular complexity index is 616. The molecule has 1 atom stereocenters. The number of aliphatic hydroxyl groups excluding tert-OH is 1. The van der Waals surface area contributed by atoms with Crippen molar-refractivity contribution in [1.29, 1.82) is 0 Å². The van der Waals surface area contributed by atoms with Gasteiger partial charge in [0, 0.05) is 30.1 Å². The first kappa shape index (κ1) is 17.1. The summed E-state index contributed by atoms with van der Waals surface area (Å²) in [7, 11) is 0. The molecule has 2 aromatic rings. The molecule has 23 heavy (non-hydrogen) atoms. The largest absolute Gasteiger partial charge is 0.394 e. The Morgan fingerprint density at radius 1 is 1.04 bits per heavy atom. The van der Waals surface area contributed by atoms with Crippen molar-refractivity contribution in [2.45, 2.75) is 39.8 Å². The highest BCUT2D eigenvalue weighted by Gasteiger charge is 2.15. The molecule has 0 unspecified atom stereocenters. The van der Waals surface area contributed by atoms with Gasteiger partial charge in [-0.1, -0.05) is 13.8 Å². The van der Waals surface area contributed by atoms with Crippen molar-refractivity contribution in [2.75, 3.05) is 17.2 Å². The molecule has 2 heterocycles. The van der Waals surface area contributed by atoms with Gasteiger partial charge < -0.3 is 15.7 Å². The smallest absolute Gasteiger partial charge is 0.225 e. The van der Waals surface area contributed by atoms with Gasteiger partial charge in [0.1, 0.15) is 5.82 Å². The van der Waals surface area contributed by atoms with Crippen LogP contribution in [-0.4, -0.2) is 38.7 Å². The molecule has 2 rings (SSSR count). The number of rotatable bonds is 7. The molecule has 0 bridgehead atoms. The van der Waals surface area contributed by atoms with Crippen LogP contribution >= 0.6 is 0 Å². The van der Waals surface area contributed by atoms with Crippen LogP contribution in [-0.2, 0) is 0 Å². The second-order valence-electron chi connectivity index (χ2n) is 6.17. The molecule has 0 aliphatic carbocycles. The van der Waals surface area contributed by atoms with E-state index in [4.69, 9.17) is 0 Å². The van der Waals surface area contributed by atoms with Gasteiger partial charge in [0.05, 0.1) is 18.3 Å². The SMILES string of the molecule is CC(C)Nc1cc(-c2ccncc2)nc(N[C@@H](CO)C(C)C)n1. The fraction of sp³-hybridized carbons (Fsp3) is 0.471. The quantitative estimate of drug-likeness (QED) is 0.729. The molecule has 0 radical (unpaired) electrons. The van der Waals surface area contributed by atoms with E-state index in [0.29, 0.717) is 5.95 Å². The van der Waals surface area contributed by atoms with Gasteiger partial charge in [-0.25, -0.2) is 4.98 Å². The van der Waals surface area contributed by atoms with E-state index in [9.17, 15) is 5.11 Å². The maximum atomic E-state index is 9.52. The number of pyridine rings is 1. The number of hydrogen-bond donors (Lipinski definition) is 3. The van der Waals surface area contributed by atoms with E-state index in [1.807, 2.05) is 32.0 Å². The maximum absolute atomic E-state index is 9.52. The monoisotopic (exact) mass is 315 g/mol. The Labute approximate surface area is 137 Å². The second kappa shape index (κ2) is 7.87. The Kier molecular flexibility index (Phi) is 5.87. The third-order valence-electron chi connectivity index (χ3n) is 3.45. The summed E-state index contributed by atoms with van der Waals surface area (Å²) in [6.45, 7) is 8.26. The average molecular weight is 315 g/mol. The molecule has 0 aliphatic heterocycles. The van der Waals surface area contributed by atoms with Crippen molar-refractivity contribution in [3.05, 3.63) is 30.6 Å². The van der Waals surface area contributed by atoms with E-state index in [1.165, 1.54) is 0 Å². The molecule has 0 aliphatic rings. The third kappa shape index (κ3) is 4.89. The number of nitrogens with one attached hydrogen (secondary N) is 2. The molecule has 124 valence electrons. The molecule has 0 amide bonds. The van der Waals surface area contributed by atoms with Crippen molar-refractivity contribution in [1.82, 2.24) is 15.0 Å². The van der Waals surface area contributed by atoms with Crippen LogP contribution in [0.2, 0.25) is 0 Å². The predicted octanol–water partition coefficient (Wildman–Crippen LogP) is 2.79. The highest BCUT2D eigenvalue weighted by Crippen LogP contribution is 2.22. The Hall–Kier alpha value is -2.21. The fourth-order valence-corrected chi connectivity index (χ4v) is 2.14. The molecule has 0 saturated heterocycles. The van der Waals surface area contributed by atoms with E-state index in [1.54, 1.807) is 12.4 Å². The average Bonchev–Trinajstić information content (AvgIpc) is 2.52. The van der Waals surface area contributed by atoms with Crippen LogP contribution in [0.4, 0.5) is 11.8 Å². The zero-order valence-electron chi connectivity index (χ0n) is 14.1. The molecule has 2 aromatic heterocycles. The van der Waals surface area contributed by atoms with E-state index < -0.39 is 0 Å². The highest BCUT2D eigenvalue weighted by molar-refractivity contribution is 5.64. The molecule has 0 aromatic carbocycles. The minimum absolute atomic E-state index is 0.0352. The van der Waals surface area contributed by atoms with E-state index in [2.05, 4.69) is 39.4 Å². The number of aliphatic hydroxyl groups is 1. The summed E-state index contributed by atoms with van der Waals surface area (Å²) in [6.07, 6.45) is 3.48. The number of nitrogens with zero attached hydrogens (tertiary/aromatic N) is 3. The summed E-state index contributed by atoms with van der Waals surface area (Å²) in [4.78, 5) is 13.1. The van der Waals surface area contributed by atoms with Gasteiger partial charge in [0.2, 0.25) is 5.95 Å². The lowest BCUT2D eigenvalue weighted by Gasteiger charge is -2.21. The number of aromatic nitrogens is 3. The molecule has 0 spiro atoms. The Morgan fingerprint density at radius 2 is 1.74 bits per heavy atom. The van der Waals surface area contributed by atoms with Gasteiger partial charge in [-0.3, -0.25) is 4.98 Å². The van der Waals surface area contributed by atoms with Gasteiger partial charge in [0.15, 0.2) is 0 Å². The van der Waals surface area contributed by atoms with Gasteiger partial charge in [-0.2, -0.15) is 4.98 Å². The standard InChI is InChI=1S/C17H25N5O/c1-11(2)15(10-23)21-17-20-14(13-5-7-18-8-6-13)9-16(22-17)19-12(3)4/h5-9,11-12,15,23H,10H2,1-4H3,(H2,19,20,21,22)/t15-/m0/s1. The first-order valence-electron chi connectivity index (χ1n) is 7.93. The van der Waals surface area contributed by atoms with Crippen LogP contribution in [0.5, 0.6) is 0 Å². The van der Waals surface area contributed by atoms with E-state index >= 15 is 0 Å². The molecule has 3 N–H and O–H groups in total. The lowest BCUT2D eigenvalue weighted by Crippen LogP contribution is -2.30. The lowest BCUT2D eigenvalue weighted by molar-refractivity contribution is 0.248. The zero-order valence-corrected chi connectivity index (χ0v) is 14.1. The maximum Gasteiger partial charge on any atom is 0.225 e. The summed E-state index contributed by atoms with van der Waals surface area (Å²) in [6, 6.07) is 5.93. The number of anilines is 2. The van der Waals surface area contributed by atoms with E-state index in [0.717, 1.165) is 17.1 Å². The molecule has 0 saturated carbocycles. The van der Waals surface area contributed by atoms with Gasteiger partial charge in [-0.15, -0.1) is 0 Å². The summed E-state index contributed by atoms with van der Waals surface area (Å²) < 4.78 is 0. The van der Waals surface area contributed by atoms with Crippen molar-refractivity contribution >= 4 is 11.8 Å². The van der Waals surface area contributed by atoms with Gasteiger partial charge >= 0.3 is 0 Å². The molecular weight excluding hydrogens is 290 g/mol. The summed E-state index contributed by atoms with van der Waals surface area (Å²) in [5.74, 6) is 1.54. The molecule has 0 fully saturated rings. The number of hydrogen-bond acceptors (Lipinski definition) is 6. The van der Waals surface area contributed by atoms with Crippen LogP contribution in [0.3, 0.4) is 0 Å². The van der Waals surface area contributed by atoms with Gasteiger partial charge in [-0.05, 0) is 31.9 Å². The van der Waals surface area contributed by atoms with Crippen LogP contribution in [0.1, 0.15) is 27.7 Å². The highest BCUT2D eigenvalue weighted by atomic mass is 16.3. The third-order valence-corrected chi connectivity index (χ3v) is 3.45. The van der Waals surface area contributed by atoms with Crippen LogP contribution < -0.4 is 10.6 Å². The predicted molar refractivity (Wildman–Crippen MR) is 93.4 cm³/mol. The Balaban J connectivity index is 2.37. The van der Waals surface area contributed by atoms with Gasteiger partial charge in [0.25, 0.3) is 0 Å². The van der Waals surface area contributed by atoms with Crippen molar-refractivity contribution in [3.63, 3.8) is 0 Å². The zero-order chi connectivity index (χ0) is 16.8. The summed E-state index contributed by atoms with van der Waals surface area (Å²) >= 11 is 0. The minimum Gasteiger partial charge on any atom is -0.394 e. The van der Waals surface area contributed by atoms with Crippen LogP contribution in [0, 0.1) is 5.92 Å². The van der Waals surface area contributed by atoms with Crippen molar-refractivity contribution in [3.8, 4) is 11.3 Å². The first-order chi connectivity index (χ1) is 11.0. The topological polar surface area (TPSA) is 83.0 Å². The lowest BCUT2D eigenvalue weighted by atomic mass is 10.1. The summed E-state index contributed by atoms with van der Waals surface area (Å²) in [5, 5.41) is 16.0. The van der Waals surface area contributed by atoms with Crippen LogP contribution in [0.25, 0.3) is 11.3 Å². The fourth-order valence-electron chi connectivity index (χ4n) is 2.14. The normalized spacial score (nSPS) is 12.5. The first-order valence-corrected chi connectivity index (χ1v) is 7.93. The molecule has 6 heteroatoms. The minimum atomic E-state index is -0.0883. The molecule has 6 nitrogen and oxygen atoms in total.